The molecule has 0 radical (unpaired) electrons. The fraction of sp³-hybridized carbons (Fsp3) is 0. The van der Waals surface area contributed by atoms with E-state index < -0.39 is 0 Å². The molecule has 4 rings (SSSR count). The van der Waals surface area contributed by atoms with Crippen LogP contribution in [0.4, 0.5) is 0 Å². The molecule has 0 aliphatic carbocycles. The summed E-state index contributed by atoms with van der Waals surface area (Å²) in [5.41, 5.74) is 3.67. The van der Waals surface area contributed by atoms with E-state index >= 15 is 0 Å². The van der Waals surface area contributed by atoms with Crippen LogP contribution in [0.15, 0.2) is 72.0 Å². The molecule has 2 aromatic heterocycles. The minimum atomic E-state index is 0.406. The van der Waals surface area contributed by atoms with Crippen LogP contribution in [0, 0.1) is 9.54 Å². The highest BCUT2D eigenvalue weighted by Gasteiger charge is 2.11. The van der Waals surface area contributed by atoms with Crippen LogP contribution in [-0.4, -0.2) is 30.9 Å². The Bertz CT molecular complexity index is 1140. The third kappa shape index (κ3) is 3.19. The highest BCUT2D eigenvalue weighted by Crippen LogP contribution is 2.22. The molecule has 0 saturated heterocycles. The normalized spacial score (nSPS) is 11.2. The van der Waals surface area contributed by atoms with Gasteiger partial charge in [0.1, 0.15) is 5.69 Å². The van der Waals surface area contributed by atoms with Crippen molar-refractivity contribution < 1.29 is 0 Å². The van der Waals surface area contributed by atoms with E-state index in [0.717, 1.165) is 22.5 Å². The number of aromatic amines is 2. The topological polar surface area (TPSA) is 66.7 Å². The number of nitrogens with zero attached hydrogens (tertiary/aromatic N) is 4. The van der Waals surface area contributed by atoms with Crippen LogP contribution < -0.4 is 0 Å². The van der Waals surface area contributed by atoms with Gasteiger partial charge in [0.25, 0.3) is 0 Å². The van der Waals surface area contributed by atoms with Gasteiger partial charge in [-0.3, -0.25) is 10.2 Å². The van der Waals surface area contributed by atoms with Crippen molar-refractivity contribution in [1.29, 1.82) is 0 Å². The first-order valence-electron chi connectivity index (χ1n) is 7.87. The quantitative estimate of drug-likeness (QED) is 0.410. The Morgan fingerprint density at radius 1 is 0.885 bits per heavy atom. The van der Waals surface area contributed by atoms with Gasteiger partial charge in [0.2, 0.25) is 9.54 Å². The van der Waals surface area contributed by atoms with Crippen LogP contribution in [0.1, 0.15) is 5.56 Å². The molecule has 2 aromatic carbocycles. The molecule has 0 atom stereocenters. The van der Waals surface area contributed by atoms with Crippen molar-refractivity contribution in [1.82, 2.24) is 24.7 Å². The van der Waals surface area contributed by atoms with Crippen LogP contribution in [0.3, 0.4) is 0 Å². The summed E-state index contributed by atoms with van der Waals surface area (Å²) in [6, 6.07) is 19.9. The maximum absolute atomic E-state index is 5.17. The minimum absolute atomic E-state index is 0.406. The Morgan fingerprint density at radius 3 is 2.15 bits per heavy atom. The number of para-hydroxylation sites is 1. The summed E-state index contributed by atoms with van der Waals surface area (Å²) in [6.07, 6.45) is 3.65. The summed E-state index contributed by atoms with van der Waals surface area (Å²) in [7, 11) is 0. The lowest BCUT2D eigenvalue weighted by Crippen LogP contribution is -1.93. The molecular formula is C18H14N6S2. The van der Waals surface area contributed by atoms with E-state index in [9.17, 15) is 0 Å². The highest BCUT2D eigenvalue weighted by molar-refractivity contribution is 7.72. The zero-order chi connectivity index (χ0) is 17.9. The summed E-state index contributed by atoms with van der Waals surface area (Å²) in [4.78, 5) is 0. The van der Waals surface area contributed by atoms with Gasteiger partial charge in [-0.2, -0.15) is 14.9 Å². The van der Waals surface area contributed by atoms with Crippen molar-refractivity contribution >= 4 is 30.7 Å². The van der Waals surface area contributed by atoms with Gasteiger partial charge in [-0.05, 0) is 36.6 Å². The van der Waals surface area contributed by atoms with E-state index in [1.165, 1.54) is 4.68 Å². The third-order valence-corrected chi connectivity index (χ3v) is 4.33. The van der Waals surface area contributed by atoms with Crippen molar-refractivity contribution in [3.05, 3.63) is 82.0 Å². The monoisotopic (exact) mass is 378 g/mol. The molecule has 0 bridgehead atoms. The molecule has 2 N–H and O–H groups in total. The summed E-state index contributed by atoms with van der Waals surface area (Å²) >= 11 is 10.3. The molecule has 0 aliphatic rings. The molecule has 2 heterocycles. The van der Waals surface area contributed by atoms with Gasteiger partial charge in [-0.25, -0.2) is 4.68 Å². The zero-order valence-electron chi connectivity index (χ0n) is 13.5. The second-order valence-electron chi connectivity index (χ2n) is 5.50. The number of hydrogen-bond donors (Lipinski definition) is 2. The Balaban J connectivity index is 1.83. The first-order valence-corrected chi connectivity index (χ1v) is 8.68. The van der Waals surface area contributed by atoms with Crippen molar-refractivity contribution in [2.75, 3.05) is 0 Å². The van der Waals surface area contributed by atoms with Gasteiger partial charge in [0.15, 0.2) is 0 Å². The smallest absolute Gasteiger partial charge is 0.215 e. The maximum atomic E-state index is 5.17. The average Bonchev–Trinajstić information content (AvgIpc) is 3.25. The van der Waals surface area contributed by atoms with Crippen LogP contribution in [0.2, 0.25) is 0 Å². The Kier molecular flexibility index (Phi) is 4.42. The van der Waals surface area contributed by atoms with Crippen molar-refractivity contribution in [3.63, 3.8) is 0 Å². The first kappa shape index (κ1) is 16.4. The van der Waals surface area contributed by atoms with E-state index in [0.29, 0.717) is 9.54 Å². The highest BCUT2D eigenvalue weighted by atomic mass is 32.1. The Hall–Kier alpha value is -3.10. The fourth-order valence-corrected chi connectivity index (χ4v) is 2.98. The molecule has 6 nitrogen and oxygen atoms in total. The number of aromatic nitrogens is 5. The fourth-order valence-electron chi connectivity index (χ4n) is 2.54. The molecule has 4 aromatic rings. The average molecular weight is 378 g/mol. The Labute approximate surface area is 159 Å². The molecule has 0 unspecified atom stereocenters. The van der Waals surface area contributed by atoms with Gasteiger partial charge in [-0.15, -0.1) is 0 Å². The molecule has 26 heavy (non-hydrogen) atoms. The summed E-state index contributed by atoms with van der Waals surface area (Å²) in [5.74, 6) is 0. The van der Waals surface area contributed by atoms with Crippen LogP contribution >= 0.6 is 24.4 Å². The summed E-state index contributed by atoms with van der Waals surface area (Å²) in [6.45, 7) is 0. The van der Waals surface area contributed by atoms with Gasteiger partial charge in [0, 0.05) is 17.3 Å². The lowest BCUT2D eigenvalue weighted by atomic mass is 10.1. The van der Waals surface area contributed by atoms with E-state index in [-0.39, 0.29) is 0 Å². The van der Waals surface area contributed by atoms with E-state index in [4.69, 9.17) is 29.5 Å². The lowest BCUT2D eigenvalue weighted by molar-refractivity contribution is 0.848. The van der Waals surface area contributed by atoms with Gasteiger partial charge in [-0.1, -0.05) is 48.5 Å². The standard InChI is InChI=1S/C18H14N6S2/c25-17-20-21-18(26)24(17)19-11-14-12-23(15-9-5-2-6-10-15)22-16(14)13-7-3-1-4-8-13/h1-12H,(H,20,25)(H,21,26)/b19-11-. The minimum Gasteiger partial charge on any atom is -0.273 e. The van der Waals surface area contributed by atoms with E-state index in [1.807, 2.05) is 71.5 Å². The molecule has 8 heteroatoms. The van der Waals surface area contributed by atoms with Gasteiger partial charge < -0.3 is 0 Å². The number of H-pyrrole nitrogens is 2. The second-order valence-corrected chi connectivity index (χ2v) is 6.27. The summed E-state index contributed by atoms with van der Waals surface area (Å²) in [5, 5.41) is 14.7. The van der Waals surface area contributed by atoms with Crippen LogP contribution in [0.25, 0.3) is 16.9 Å². The molecule has 0 amide bonds. The Morgan fingerprint density at radius 2 is 1.50 bits per heavy atom. The molecule has 0 saturated carbocycles. The second kappa shape index (κ2) is 7.03. The number of rotatable bonds is 4. The molecule has 128 valence electrons. The first-order chi connectivity index (χ1) is 12.7. The number of benzene rings is 2. The van der Waals surface area contributed by atoms with Crippen LogP contribution in [0.5, 0.6) is 0 Å². The number of nitrogens with one attached hydrogen (secondary N) is 2. The molecule has 0 aliphatic heterocycles. The molecular weight excluding hydrogens is 364 g/mol. The third-order valence-electron chi connectivity index (χ3n) is 3.78. The van der Waals surface area contributed by atoms with Gasteiger partial charge >= 0.3 is 0 Å². The lowest BCUT2D eigenvalue weighted by Gasteiger charge is -2.00. The molecule has 0 spiro atoms. The zero-order valence-corrected chi connectivity index (χ0v) is 15.2. The van der Waals surface area contributed by atoms with Crippen molar-refractivity contribution in [2.45, 2.75) is 0 Å². The van der Waals surface area contributed by atoms with Gasteiger partial charge in [0.05, 0.1) is 11.9 Å². The number of hydrogen-bond acceptors (Lipinski definition) is 4. The predicted octanol–water partition coefficient (Wildman–Crippen LogP) is 4.34. The van der Waals surface area contributed by atoms with Crippen molar-refractivity contribution in [2.24, 2.45) is 5.10 Å². The van der Waals surface area contributed by atoms with Crippen molar-refractivity contribution in [3.8, 4) is 16.9 Å². The molecule has 0 fully saturated rings. The summed E-state index contributed by atoms with van der Waals surface area (Å²) < 4.78 is 4.10. The maximum Gasteiger partial charge on any atom is 0.215 e. The van der Waals surface area contributed by atoms with Crippen LogP contribution in [-0.2, 0) is 0 Å². The predicted molar refractivity (Wildman–Crippen MR) is 107 cm³/mol. The SMILES string of the molecule is S=c1[nH][nH]c(=S)n1/N=C\c1cn(-c2ccccc2)nc1-c1ccccc1. The van der Waals surface area contributed by atoms with E-state index in [2.05, 4.69) is 15.3 Å². The largest absolute Gasteiger partial charge is 0.273 e. The van der Waals surface area contributed by atoms with E-state index in [1.54, 1.807) is 6.21 Å².